The molecule has 0 heterocycles. The maximum Gasteiger partial charge on any atom is 0.0650 e. The van der Waals surface area contributed by atoms with E-state index in [1.54, 1.807) is 0 Å². The Morgan fingerprint density at radius 3 is 2.67 bits per heavy atom. The normalized spacial score (nSPS) is 10.8. The topological polar surface area (TPSA) is 9.23 Å². The van der Waals surface area contributed by atoms with Gasteiger partial charge in [-0.3, -0.25) is 0 Å². The van der Waals surface area contributed by atoms with Crippen LogP contribution in [0.2, 0.25) is 0 Å². The monoisotopic (exact) mass is 162 g/mol. The van der Waals surface area contributed by atoms with Crippen LogP contribution in [0.5, 0.6) is 0 Å². The molecule has 0 atom stereocenters. The van der Waals surface area contributed by atoms with Crippen molar-refractivity contribution in [2.75, 3.05) is 13.2 Å². The van der Waals surface area contributed by atoms with E-state index in [1.165, 1.54) is 5.56 Å². The quantitative estimate of drug-likeness (QED) is 0.618. The van der Waals surface area contributed by atoms with Crippen molar-refractivity contribution in [1.82, 2.24) is 0 Å². The lowest BCUT2D eigenvalue weighted by Crippen LogP contribution is -1.87. The summed E-state index contributed by atoms with van der Waals surface area (Å²) < 4.78 is 5.17. The van der Waals surface area contributed by atoms with E-state index in [0.717, 1.165) is 6.61 Å². The van der Waals surface area contributed by atoms with Gasteiger partial charge in [0.05, 0.1) is 6.61 Å². The molecule has 0 aromatic heterocycles. The summed E-state index contributed by atoms with van der Waals surface area (Å²) in [4.78, 5) is 0. The van der Waals surface area contributed by atoms with Gasteiger partial charge in [-0.15, -0.1) is 0 Å². The predicted octanol–water partition coefficient (Wildman–Crippen LogP) is 2.74. The first-order valence-electron chi connectivity index (χ1n) is 4.23. The van der Waals surface area contributed by atoms with E-state index >= 15 is 0 Å². The van der Waals surface area contributed by atoms with E-state index in [4.69, 9.17) is 4.74 Å². The fraction of sp³-hybridized carbons (Fsp3) is 0.273. The minimum Gasteiger partial charge on any atom is -0.378 e. The molecule has 1 nitrogen and oxygen atoms in total. The van der Waals surface area contributed by atoms with Crippen molar-refractivity contribution in [2.24, 2.45) is 0 Å². The van der Waals surface area contributed by atoms with E-state index in [0.29, 0.717) is 6.61 Å². The second-order valence-corrected chi connectivity index (χ2v) is 2.47. The van der Waals surface area contributed by atoms with E-state index < -0.39 is 0 Å². The highest BCUT2D eigenvalue weighted by Gasteiger charge is 1.81. The van der Waals surface area contributed by atoms with E-state index in [1.807, 2.05) is 31.2 Å². The average molecular weight is 162 g/mol. The number of hydrogen-bond acceptors (Lipinski definition) is 1. The highest BCUT2D eigenvalue weighted by Crippen LogP contribution is 2.00. The molecule has 0 unspecified atom stereocenters. The third-order valence-electron chi connectivity index (χ3n) is 1.53. The highest BCUT2D eigenvalue weighted by atomic mass is 16.5. The van der Waals surface area contributed by atoms with Crippen LogP contribution in [0.4, 0.5) is 0 Å². The average Bonchev–Trinajstić information content (AvgIpc) is 2.14. The summed E-state index contributed by atoms with van der Waals surface area (Å²) in [5.74, 6) is 0. The molecule has 1 aromatic rings. The van der Waals surface area contributed by atoms with Crippen molar-refractivity contribution in [3.8, 4) is 0 Å². The Labute approximate surface area is 73.7 Å². The molecule has 0 aliphatic rings. The third-order valence-corrected chi connectivity index (χ3v) is 1.53. The van der Waals surface area contributed by atoms with Gasteiger partial charge in [-0.1, -0.05) is 42.5 Å². The first-order chi connectivity index (χ1) is 5.93. The lowest BCUT2D eigenvalue weighted by molar-refractivity contribution is 0.178. The van der Waals surface area contributed by atoms with Crippen molar-refractivity contribution in [2.45, 2.75) is 6.92 Å². The molecule has 1 heteroatoms. The van der Waals surface area contributed by atoms with E-state index in [-0.39, 0.29) is 0 Å². The van der Waals surface area contributed by atoms with E-state index in [9.17, 15) is 0 Å². The summed E-state index contributed by atoms with van der Waals surface area (Å²) >= 11 is 0. The molecule has 64 valence electrons. The van der Waals surface area contributed by atoms with Crippen molar-refractivity contribution in [3.05, 3.63) is 42.0 Å². The van der Waals surface area contributed by atoms with Gasteiger partial charge in [0.1, 0.15) is 0 Å². The Morgan fingerprint density at radius 1 is 1.25 bits per heavy atom. The van der Waals surface area contributed by atoms with Gasteiger partial charge in [0.2, 0.25) is 0 Å². The zero-order chi connectivity index (χ0) is 8.65. The maximum atomic E-state index is 5.17. The molecule has 0 aliphatic heterocycles. The van der Waals surface area contributed by atoms with Crippen LogP contribution >= 0.6 is 0 Å². The predicted molar refractivity (Wildman–Crippen MR) is 52.0 cm³/mol. The molecule has 0 spiro atoms. The van der Waals surface area contributed by atoms with Crippen molar-refractivity contribution < 1.29 is 4.74 Å². The molecule has 0 saturated carbocycles. The smallest absolute Gasteiger partial charge is 0.0650 e. The third kappa shape index (κ3) is 3.35. The van der Waals surface area contributed by atoms with Gasteiger partial charge in [0.15, 0.2) is 0 Å². The molecular weight excluding hydrogens is 148 g/mol. The van der Waals surface area contributed by atoms with Crippen molar-refractivity contribution >= 4 is 6.08 Å². The summed E-state index contributed by atoms with van der Waals surface area (Å²) in [6, 6.07) is 10.2. The second kappa shape index (κ2) is 5.56. The largest absolute Gasteiger partial charge is 0.378 e. The minimum atomic E-state index is 0.700. The standard InChI is InChI=1S/C11H14O/c1-2-12-10-6-9-11-7-4-3-5-8-11/h3-9H,2,10H2,1H3/b9-6+. The molecule has 0 fully saturated rings. The Morgan fingerprint density at radius 2 is 2.00 bits per heavy atom. The maximum absolute atomic E-state index is 5.17. The fourth-order valence-corrected chi connectivity index (χ4v) is 0.934. The van der Waals surface area contributed by atoms with Gasteiger partial charge < -0.3 is 4.74 Å². The van der Waals surface area contributed by atoms with Crippen molar-refractivity contribution in [1.29, 1.82) is 0 Å². The summed E-state index contributed by atoms with van der Waals surface area (Å²) in [6.45, 7) is 3.47. The van der Waals surface area contributed by atoms with Gasteiger partial charge in [-0.25, -0.2) is 0 Å². The molecule has 1 aromatic carbocycles. The van der Waals surface area contributed by atoms with Crippen LogP contribution < -0.4 is 0 Å². The Balaban J connectivity index is 2.36. The Hall–Kier alpha value is -1.08. The molecule has 0 amide bonds. The lowest BCUT2D eigenvalue weighted by atomic mass is 10.2. The van der Waals surface area contributed by atoms with E-state index in [2.05, 4.69) is 18.2 Å². The zero-order valence-corrected chi connectivity index (χ0v) is 7.36. The highest BCUT2D eigenvalue weighted by molar-refractivity contribution is 5.48. The van der Waals surface area contributed by atoms with Crippen LogP contribution in [-0.2, 0) is 4.74 Å². The van der Waals surface area contributed by atoms with Crippen LogP contribution in [0, 0.1) is 0 Å². The molecule has 0 bridgehead atoms. The SMILES string of the molecule is CCOC/C=C/c1ccccc1. The van der Waals surface area contributed by atoms with Crippen LogP contribution in [0.25, 0.3) is 6.08 Å². The van der Waals surface area contributed by atoms with Crippen LogP contribution in [0.1, 0.15) is 12.5 Å². The first kappa shape index (κ1) is 9.01. The molecular formula is C11H14O. The molecule has 0 N–H and O–H groups in total. The van der Waals surface area contributed by atoms with Gasteiger partial charge in [0.25, 0.3) is 0 Å². The molecule has 12 heavy (non-hydrogen) atoms. The fourth-order valence-electron chi connectivity index (χ4n) is 0.934. The van der Waals surface area contributed by atoms with Crippen LogP contribution in [-0.4, -0.2) is 13.2 Å². The van der Waals surface area contributed by atoms with Gasteiger partial charge in [0, 0.05) is 6.61 Å². The number of rotatable bonds is 4. The first-order valence-corrected chi connectivity index (χ1v) is 4.23. The van der Waals surface area contributed by atoms with Crippen LogP contribution in [0.3, 0.4) is 0 Å². The number of hydrogen-bond donors (Lipinski definition) is 0. The Kier molecular flexibility index (Phi) is 4.17. The Bertz CT molecular complexity index is 226. The number of ether oxygens (including phenoxy) is 1. The van der Waals surface area contributed by atoms with Crippen LogP contribution in [0.15, 0.2) is 36.4 Å². The van der Waals surface area contributed by atoms with Gasteiger partial charge in [-0.05, 0) is 12.5 Å². The zero-order valence-electron chi connectivity index (χ0n) is 7.36. The summed E-state index contributed by atoms with van der Waals surface area (Å²) in [7, 11) is 0. The molecule has 1 rings (SSSR count). The molecule has 0 radical (unpaired) electrons. The van der Waals surface area contributed by atoms with Gasteiger partial charge in [-0.2, -0.15) is 0 Å². The molecule has 0 aliphatic carbocycles. The second-order valence-electron chi connectivity index (χ2n) is 2.47. The van der Waals surface area contributed by atoms with Gasteiger partial charge >= 0.3 is 0 Å². The lowest BCUT2D eigenvalue weighted by Gasteiger charge is -1.93. The summed E-state index contributed by atoms with van der Waals surface area (Å²) in [5.41, 5.74) is 1.22. The summed E-state index contributed by atoms with van der Waals surface area (Å²) in [6.07, 6.45) is 4.09. The summed E-state index contributed by atoms with van der Waals surface area (Å²) in [5, 5.41) is 0. The number of benzene rings is 1. The van der Waals surface area contributed by atoms with Crippen molar-refractivity contribution in [3.63, 3.8) is 0 Å². The minimum absolute atomic E-state index is 0.700. The molecule has 0 saturated heterocycles.